The standard InChI is InChI=1S/C20H38O4/c1-2-3-4-5-6-7-8-9-10-11-12-13-14-15-16-20(17-21,18-22)19(23)24/h9-10,21-22H,2-8,11-18H2,1H3,(H,23,24). The van der Waals surface area contributed by atoms with E-state index in [-0.39, 0.29) is 0 Å². The molecule has 0 saturated carbocycles. The largest absolute Gasteiger partial charge is 0.481 e. The maximum atomic E-state index is 11.1. The molecule has 4 heteroatoms. The van der Waals surface area contributed by atoms with Gasteiger partial charge in [0.2, 0.25) is 0 Å². The molecule has 0 atom stereocenters. The number of hydrogen-bond donors (Lipinski definition) is 3. The molecule has 0 aliphatic carbocycles. The van der Waals surface area contributed by atoms with Gasteiger partial charge < -0.3 is 15.3 Å². The van der Waals surface area contributed by atoms with Crippen LogP contribution < -0.4 is 0 Å². The van der Waals surface area contributed by atoms with Gasteiger partial charge in [0.1, 0.15) is 5.41 Å². The third kappa shape index (κ3) is 10.8. The van der Waals surface area contributed by atoms with Crippen molar-refractivity contribution in [1.29, 1.82) is 0 Å². The molecule has 0 rings (SSSR count). The lowest BCUT2D eigenvalue weighted by Crippen LogP contribution is -2.38. The van der Waals surface area contributed by atoms with Gasteiger partial charge in [0.05, 0.1) is 13.2 Å². The number of carbonyl (C=O) groups is 1. The molecule has 0 radical (unpaired) electrons. The molecular weight excluding hydrogens is 304 g/mol. The van der Waals surface area contributed by atoms with Crippen molar-refractivity contribution in [3.8, 4) is 0 Å². The highest BCUT2D eigenvalue weighted by atomic mass is 16.4. The number of hydrogen-bond acceptors (Lipinski definition) is 3. The molecule has 0 heterocycles. The van der Waals surface area contributed by atoms with Crippen molar-refractivity contribution in [2.24, 2.45) is 5.41 Å². The molecule has 4 nitrogen and oxygen atoms in total. The summed E-state index contributed by atoms with van der Waals surface area (Å²) in [6, 6.07) is 0. The van der Waals surface area contributed by atoms with Gasteiger partial charge in [-0.2, -0.15) is 0 Å². The predicted molar refractivity (Wildman–Crippen MR) is 99.1 cm³/mol. The summed E-state index contributed by atoms with van der Waals surface area (Å²) < 4.78 is 0. The number of carboxylic acid groups (broad SMARTS) is 1. The number of allylic oxidation sites excluding steroid dienone is 2. The first kappa shape index (κ1) is 23.1. The van der Waals surface area contributed by atoms with E-state index in [1.54, 1.807) is 0 Å². The van der Waals surface area contributed by atoms with E-state index in [0.29, 0.717) is 6.42 Å². The van der Waals surface area contributed by atoms with E-state index in [2.05, 4.69) is 19.1 Å². The number of aliphatic hydroxyl groups excluding tert-OH is 2. The maximum Gasteiger partial charge on any atom is 0.314 e. The molecule has 142 valence electrons. The molecule has 0 bridgehead atoms. The molecule has 0 fully saturated rings. The van der Waals surface area contributed by atoms with Gasteiger partial charge >= 0.3 is 5.97 Å². The molecule has 0 unspecified atom stereocenters. The fourth-order valence-corrected chi connectivity index (χ4v) is 2.81. The first-order chi connectivity index (χ1) is 11.6. The Labute approximate surface area is 148 Å². The second-order valence-electron chi connectivity index (χ2n) is 6.88. The molecule has 3 N–H and O–H groups in total. The summed E-state index contributed by atoms with van der Waals surface area (Å²) in [5.74, 6) is -1.11. The lowest BCUT2D eigenvalue weighted by atomic mass is 9.84. The summed E-state index contributed by atoms with van der Waals surface area (Å²) in [6.07, 6.45) is 19.0. The second-order valence-corrected chi connectivity index (χ2v) is 6.88. The first-order valence-corrected chi connectivity index (χ1v) is 9.73. The Bertz CT molecular complexity index is 322. The lowest BCUT2D eigenvalue weighted by Gasteiger charge is -2.24. The summed E-state index contributed by atoms with van der Waals surface area (Å²) in [5.41, 5.74) is -1.36. The first-order valence-electron chi connectivity index (χ1n) is 9.73. The SMILES string of the molecule is CCCCCCCCC=CCCCCCCC(CO)(CO)C(=O)O. The minimum Gasteiger partial charge on any atom is -0.481 e. The van der Waals surface area contributed by atoms with Crippen molar-refractivity contribution >= 4 is 5.97 Å². The van der Waals surface area contributed by atoms with Crippen molar-refractivity contribution in [2.75, 3.05) is 13.2 Å². The smallest absolute Gasteiger partial charge is 0.314 e. The molecule has 0 aliphatic heterocycles. The van der Waals surface area contributed by atoms with Gasteiger partial charge in [-0.15, -0.1) is 0 Å². The number of aliphatic hydroxyl groups is 2. The topological polar surface area (TPSA) is 77.8 Å². The Balaban J connectivity index is 3.50. The van der Waals surface area contributed by atoms with Crippen LogP contribution in [-0.4, -0.2) is 34.5 Å². The Kier molecular flexibility index (Phi) is 15.1. The van der Waals surface area contributed by atoms with Crippen molar-refractivity contribution in [3.63, 3.8) is 0 Å². The third-order valence-electron chi connectivity index (χ3n) is 4.73. The van der Waals surface area contributed by atoms with Crippen LogP contribution in [0.3, 0.4) is 0 Å². The van der Waals surface area contributed by atoms with Crippen molar-refractivity contribution < 1.29 is 20.1 Å². The summed E-state index contributed by atoms with van der Waals surface area (Å²) in [7, 11) is 0. The third-order valence-corrected chi connectivity index (χ3v) is 4.73. The minimum absolute atomic E-state index is 0.337. The lowest BCUT2D eigenvalue weighted by molar-refractivity contribution is -0.155. The number of unbranched alkanes of at least 4 members (excludes halogenated alkanes) is 10. The highest BCUT2D eigenvalue weighted by molar-refractivity contribution is 5.74. The van der Waals surface area contributed by atoms with Crippen LogP contribution in [-0.2, 0) is 4.79 Å². The van der Waals surface area contributed by atoms with E-state index < -0.39 is 24.6 Å². The Morgan fingerprint density at radius 2 is 1.25 bits per heavy atom. The van der Waals surface area contributed by atoms with Crippen LogP contribution in [0.1, 0.15) is 90.4 Å². The summed E-state index contributed by atoms with van der Waals surface area (Å²) in [5, 5.41) is 27.5. The van der Waals surface area contributed by atoms with Crippen LogP contribution in [0.25, 0.3) is 0 Å². The zero-order chi connectivity index (χ0) is 18.1. The zero-order valence-electron chi connectivity index (χ0n) is 15.5. The van der Waals surface area contributed by atoms with Gasteiger partial charge in [-0.1, -0.05) is 70.4 Å². The molecular formula is C20H38O4. The molecule has 0 aromatic heterocycles. The zero-order valence-corrected chi connectivity index (χ0v) is 15.5. The van der Waals surface area contributed by atoms with E-state index in [1.165, 1.54) is 44.9 Å². The van der Waals surface area contributed by atoms with Crippen LogP contribution in [0.4, 0.5) is 0 Å². The summed E-state index contributed by atoms with van der Waals surface area (Å²) in [4.78, 5) is 11.1. The van der Waals surface area contributed by atoms with Crippen LogP contribution in [0.15, 0.2) is 12.2 Å². The van der Waals surface area contributed by atoms with Gasteiger partial charge in [0.15, 0.2) is 0 Å². The van der Waals surface area contributed by atoms with Crippen LogP contribution in [0, 0.1) is 5.41 Å². The Morgan fingerprint density at radius 1 is 0.792 bits per heavy atom. The van der Waals surface area contributed by atoms with Crippen LogP contribution >= 0.6 is 0 Å². The molecule has 24 heavy (non-hydrogen) atoms. The number of rotatable bonds is 17. The van der Waals surface area contributed by atoms with Crippen LogP contribution in [0.5, 0.6) is 0 Å². The van der Waals surface area contributed by atoms with Gasteiger partial charge in [0.25, 0.3) is 0 Å². The number of aliphatic carboxylic acids is 1. The number of carboxylic acids is 1. The second kappa shape index (κ2) is 15.6. The Morgan fingerprint density at radius 3 is 1.71 bits per heavy atom. The minimum atomic E-state index is -1.36. The van der Waals surface area contributed by atoms with E-state index in [0.717, 1.165) is 32.1 Å². The van der Waals surface area contributed by atoms with E-state index >= 15 is 0 Å². The highest BCUT2D eigenvalue weighted by Crippen LogP contribution is 2.25. The van der Waals surface area contributed by atoms with Gasteiger partial charge in [-0.25, -0.2) is 0 Å². The molecule has 0 saturated heterocycles. The van der Waals surface area contributed by atoms with Crippen molar-refractivity contribution in [1.82, 2.24) is 0 Å². The average Bonchev–Trinajstić information content (AvgIpc) is 2.58. The molecule has 0 spiro atoms. The van der Waals surface area contributed by atoms with E-state index in [9.17, 15) is 15.0 Å². The molecule has 0 aliphatic rings. The van der Waals surface area contributed by atoms with Crippen LogP contribution in [0.2, 0.25) is 0 Å². The van der Waals surface area contributed by atoms with E-state index in [4.69, 9.17) is 5.11 Å². The molecule has 0 aromatic rings. The van der Waals surface area contributed by atoms with Gasteiger partial charge in [-0.05, 0) is 32.1 Å². The molecule has 0 aromatic carbocycles. The molecule has 0 amide bonds. The van der Waals surface area contributed by atoms with Crippen molar-refractivity contribution in [3.05, 3.63) is 12.2 Å². The average molecular weight is 343 g/mol. The summed E-state index contributed by atoms with van der Waals surface area (Å²) in [6.45, 7) is 1.24. The van der Waals surface area contributed by atoms with Gasteiger partial charge in [0, 0.05) is 0 Å². The monoisotopic (exact) mass is 342 g/mol. The predicted octanol–water partition coefficient (Wildman–Crippen LogP) is 4.69. The van der Waals surface area contributed by atoms with Crippen molar-refractivity contribution in [2.45, 2.75) is 90.4 Å². The Hall–Kier alpha value is -0.870. The summed E-state index contributed by atoms with van der Waals surface area (Å²) >= 11 is 0. The quantitative estimate of drug-likeness (QED) is 0.265. The fraction of sp³-hybridized carbons (Fsp3) is 0.850. The fourth-order valence-electron chi connectivity index (χ4n) is 2.81. The highest BCUT2D eigenvalue weighted by Gasteiger charge is 2.36. The van der Waals surface area contributed by atoms with E-state index in [1.807, 2.05) is 0 Å². The maximum absolute atomic E-state index is 11.1. The van der Waals surface area contributed by atoms with Gasteiger partial charge in [-0.3, -0.25) is 4.79 Å². The normalized spacial score (nSPS) is 12.1.